The second kappa shape index (κ2) is 6.59. The summed E-state index contributed by atoms with van der Waals surface area (Å²) < 4.78 is 5.86. The first-order valence-electron chi connectivity index (χ1n) is 7.73. The van der Waals surface area contributed by atoms with Gasteiger partial charge in [-0.05, 0) is 30.7 Å². The largest absolute Gasteiger partial charge is 0.497 e. The highest BCUT2D eigenvalue weighted by atomic mass is 16.7. The molecule has 0 radical (unpaired) electrons. The first-order chi connectivity index (χ1) is 9.56. The highest BCUT2D eigenvalue weighted by Crippen LogP contribution is 2.40. The van der Waals surface area contributed by atoms with Gasteiger partial charge in [0.05, 0.1) is 21.2 Å². The molecule has 0 spiro atoms. The number of quaternary nitrogens is 1. The minimum absolute atomic E-state index is 0.392. The lowest BCUT2D eigenvalue weighted by Crippen LogP contribution is -2.37. The zero-order chi connectivity index (χ0) is 14.6. The molecule has 20 heavy (non-hydrogen) atoms. The Morgan fingerprint density at radius 2 is 1.90 bits per heavy atom. The summed E-state index contributed by atoms with van der Waals surface area (Å²) in [6, 6.07) is 8.84. The molecule has 1 saturated heterocycles. The molecule has 1 aromatic carbocycles. The van der Waals surface area contributed by atoms with Gasteiger partial charge in [-0.2, -0.15) is 9.48 Å². The second-order valence-corrected chi connectivity index (χ2v) is 6.18. The molecule has 1 aliphatic heterocycles. The van der Waals surface area contributed by atoms with Crippen molar-refractivity contribution in [2.45, 2.75) is 51.2 Å². The third-order valence-electron chi connectivity index (χ3n) is 4.29. The summed E-state index contributed by atoms with van der Waals surface area (Å²) in [7, 11) is 6.03. The molecule has 1 fully saturated rings. The number of rotatable bonds is 6. The summed E-state index contributed by atoms with van der Waals surface area (Å²) >= 11 is 0. The van der Waals surface area contributed by atoms with Gasteiger partial charge in [-0.1, -0.05) is 26.2 Å². The Morgan fingerprint density at radius 1 is 1.20 bits per heavy atom. The van der Waals surface area contributed by atoms with Crippen LogP contribution in [0.4, 0.5) is 0 Å². The highest BCUT2D eigenvalue weighted by molar-refractivity contribution is 5.28. The Labute approximate surface area is 123 Å². The number of hydroxylamine groups is 3. The van der Waals surface area contributed by atoms with Gasteiger partial charge in [0, 0.05) is 12.0 Å². The van der Waals surface area contributed by atoms with Gasteiger partial charge in [0.25, 0.3) is 0 Å². The number of unbranched alkanes of at least 4 members (excludes halogenated alkanes) is 2. The van der Waals surface area contributed by atoms with Crippen molar-refractivity contribution in [1.29, 1.82) is 0 Å². The zero-order valence-corrected chi connectivity index (χ0v) is 13.3. The van der Waals surface area contributed by atoms with Crippen molar-refractivity contribution in [3.63, 3.8) is 0 Å². The Kier molecular flexibility index (Phi) is 5.06. The van der Waals surface area contributed by atoms with E-state index in [1.165, 1.54) is 31.2 Å². The van der Waals surface area contributed by atoms with E-state index in [0.29, 0.717) is 16.8 Å². The van der Waals surface area contributed by atoms with Crippen LogP contribution in [0.5, 0.6) is 5.75 Å². The molecule has 2 rings (SSSR count). The first kappa shape index (κ1) is 15.3. The predicted molar refractivity (Wildman–Crippen MR) is 81.5 cm³/mol. The molecule has 2 atom stereocenters. The SMILES string of the molecule is CCCCCC1CC(c2ccc(OC)cc2)[N+](C)(C)O1. The molecule has 1 aromatic rings. The van der Waals surface area contributed by atoms with E-state index >= 15 is 0 Å². The summed E-state index contributed by atoms with van der Waals surface area (Å²) in [5, 5.41) is 0. The number of hydrogen-bond acceptors (Lipinski definition) is 2. The molecule has 0 N–H and O–H groups in total. The van der Waals surface area contributed by atoms with Crippen LogP contribution in [0.15, 0.2) is 24.3 Å². The molecule has 2 unspecified atom stereocenters. The van der Waals surface area contributed by atoms with Crippen LogP contribution >= 0.6 is 0 Å². The predicted octanol–water partition coefficient (Wildman–Crippen LogP) is 4.10. The Bertz CT molecular complexity index is 414. The lowest BCUT2D eigenvalue weighted by Gasteiger charge is -2.28. The Balaban J connectivity index is 2.02. The molecule has 3 heteroatoms. The van der Waals surface area contributed by atoms with Crippen molar-refractivity contribution in [2.75, 3.05) is 21.2 Å². The van der Waals surface area contributed by atoms with Crippen LogP contribution in [0.25, 0.3) is 0 Å². The van der Waals surface area contributed by atoms with Crippen molar-refractivity contribution in [1.82, 2.24) is 0 Å². The third kappa shape index (κ3) is 3.53. The van der Waals surface area contributed by atoms with Gasteiger partial charge in [-0.15, -0.1) is 0 Å². The van der Waals surface area contributed by atoms with Gasteiger partial charge in [-0.3, -0.25) is 0 Å². The smallest absolute Gasteiger partial charge is 0.147 e. The Morgan fingerprint density at radius 3 is 2.50 bits per heavy atom. The fourth-order valence-corrected chi connectivity index (χ4v) is 3.12. The van der Waals surface area contributed by atoms with Crippen LogP contribution in [-0.2, 0) is 4.84 Å². The average molecular weight is 278 g/mol. The first-order valence-corrected chi connectivity index (χ1v) is 7.73. The maximum atomic E-state index is 6.23. The van der Waals surface area contributed by atoms with Crippen LogP contribution in [0.3, 0.4) is 0 Å². The normalized spacial score (nSPS) is 24.8. The van der Waals surface area contributed by atoms with Gasteiger partial charge >= 0.3 is 0 Å². The number of methoxy groups -OCH3 is 1. The van der Waals surface area contributed by atoms with E-state index in [-0.39, 0.29) is 0 Å². The molecular weight excluding hydrogens is 250 g/mol. The monoisotopic (exact) mass is 278 g/mol. The van der Waals surface area contributed by atoms with Gasteiger partial charge in [0.15, 0.2) is 0 Å². The van der Waals surface area contributed by atoms with E-state index in [1.54, 1.807) is 7.11 Å². The van der Waals surface area contributed by atoms with E-state index in [1.807, 2.05) is 12.1 Å². The third-order valence-corrected chi connectivity index (χ3v) is 4.29. The van der Waals surface area contributed by atoms with Gasteiger partial charge in [0.2, 0.25) is 0 Å². The van der Waals surface area contributed by atoms with Crippen LogP contribution in [0, 0.1) is 0 Å². The molecule has 3 nitrogen and oxygen atoms in total. The molecule has 0 saturated carbocycles. The fourth-order valence-electron chi connectivity index (χ4n) is 3.12. The molecule has 1 aliphatic rings. The molecule has 1 heterocycles. The maximum absolute atomic E-state index is 6.23. The molecule has 112 valence electrons. The van der Waals surface area contributed by atoms with E-state index < -0.39 is 0 Å². The highest BCUT2D eigenvalue weighted by Gasteiger charge is 2.43. The average Bonchev–Trinajstić information content (AvgIpc) is 2.74. The minimum atomic E-state index is 0.392. The van der Waals surface area contributed by atoms with Crippen LogP contribution in [-0.4, -0.2) is 32.0 Å². The number of ether oxygens (including phenoxy) is 1. The second-order valence-electron chi connectivity index (χ2n) is 6.18. The number of nitrogens with zero attached hydrogens (tertiary/aromatic N) is 1. The quantitative estimate of drug-likeness (QED) is 0.576. The summed E-state index contributed by atoms with van der Waals surface area (Å²) in [5.41, 5.74) is 1.34. The van der Waals surface area contributed by atoms with Crippen molar-refractivity contribution in [2.24, 2.45) is 0 Å². The summed E-state index contributed by atoms with van der Waals surface area (Å²) in [4.78, 5) is 6.23. The lowest BCUT2D eigenvalue weighted by molar-refractivity contribution is -1.09. The number of hydrogen-bond donors (Lipinski definition) is 0. The van der Waals surface area contributed by atoms with Crippen molar-refractivity contribution < 1.29 is 14.2 Å². The minimum Gasteiger partial charge on any atom is -0.497 e. The van der Waals surface area contributed by atoms with Crippen molar-refractivity contribution >= 4 is 0 Å². The number of benzene rings is 1. The van der Waals surface area contributed by atoms with Crippen molar-refractivity contribution in [3.05, 3.63) is 29.8 Å². The van der Waals surface area contributed by atoms with E-state index in [4.69, 9.17) is 9.57 Å². The van der Waals surface area contributed by atoms with Crippen LogP contribution < -0.4 is 4.74 Å². The van der Waals surface area contributed by atoms with Crippen LogP contribution in [0.1, 0.15) is 50.6 Å². The van der Waals surface area contributed by atoms with Gasteiger partial charge in [0.1, 0.15) is 17.9 Å². The van der Waals surface area contributed by atoms with Gasteiger partial charge < -0.3 is 4.74 Å². The Hall–Kier alpha value is -1.06. The molecule has 0 amide bonds. The van der Waals surface area contributed by atoms with Gasteiger partial charge in [-0.25, -0.2) is 0 Å². The molecule has 0 bridgehead atoms. The summed E-state index contributed by atoms with van der Waals surface area (Å²) in [5.74, 6) is 0.914. The topological polar surface area (TPSA) is 18.5 Å². The van der Waals surface area contributed by atoms with Crippen molar-refractivity contribution in [3.8, 4) is 5.75 Å². The molecule has 0 aliphatic carbocycles. The standard InChI is InChI=1S/C17H28NO2/c1-5-6-7-8-16-13-17(18(2,3)20-16)14-9-11-15(19-4)12-10-14/h9-12,16-17H,5-8,13H2,1-4H3/q+1. The van der Waals surface area contributed by atoms with Crippen LogP contribution in [0.2, 0.25) is 0 Å². The molecule has 0 aromatic heterocycles. The lowest BCUT2D eigenvalue weighted by atomic mass is 9.98. The molecular formula is C17H28NO2+. The maximum Gasteiger partial charge on any atom is 0.147 e. The summed E-state index contributed by atoms with van der Waals surface area (Å²) in [6.45, 7) is 2.25. The fraction of sp³-hybridized carbons (Fsp3) is 0.647. The zero-order valence-electron chi connectivity index (χ0n) is 13.3. The van der Waals surface area contributed by atoms with E-state index in [2.05, 4.69) is 33.2 Å². The summed E-state index contributed by atoms with van der Waals surface area (Å²) in [6.07, 6.45) is 6.54. The van der Waals surface area contributed by atoms with E-state index in [0.717, 1.165) is 12.2 Å². The van der Waals surface area contributed by atoms with E-state index in [9.17, 15) is 0 Å².